The summed E-state index contributed by atoms with van der Waals surface area (Å²) in [7, 11) is 0. The Morgan fingerprint density at radius 2 is 1.33 bits per heavy atom. The van der Waals surface area contributed by atoms with Crippen LogP contribution in [0, 0.1) is 0 Å². The van der Waals surface area contributed by atoms with Gasteiger partial charge in [0, 0.05) is 0 Å². The molecule has 0 unspecified atom stereocenters. The van der Waals surface area contributed by atoms with Crippen molar-refractivity contribution in [1.29, 1.82) is 0 Å². The minimum absolute atomic E-state index is 1.32. The van der Waals surface area contributed by atoms with Gasteiger partial charge in [-0.2, -0.15) is 0 Å². The van der Waals surface area contributed by atoms with Crippen molar-refractivity contribution in [1.82, 2.24) is 0 Å². The van der Waals surface area contributed by atoms with Crippen LogP contribution in [0.3, 0.4) is 0 Å². The molecule has 0 aromatic heterocycles. The Balaban J connectivity index is 2.53. The van der Waals surface area contributed by atoms with Gasteiger partial charge in [0.05, 0.1) is 0 Å². The molecule has 0 fully saturated rings. The molecule has 0 saturated heterocycles. The summed E-state index contributed by atoms with van der Waals surface area (Å²) >= 11 is 2.16. The third kappa shape index (κ3) is 1.47. The first-order chi connectivity index (χ1) is 7.34. The standard InChI is InChI=1S/C14H9.Li/c1-2-6-12-10-14-8-4-3-7-13(14)9-11(12)5-1;/h1-7,9-10H;. The molecule has 0 aliphatic carbocycles. The molecule has 0 atom stereocenters. The second-order valence-electron chi connectivity index (χ2n) is 4.00. The summed E-state index contributed by atoms with van der Waals surface area (Å²) in [6.45, 7) is 0. The van der Waals surface area contributed by atoms with Gasteiger partial charge in [-0.1, -0.05) is 0 Å². The molecule has 15 heavy (non-hydrogen) atoms. The van der Waals surface area contributed by atoms with Crippen LogP contribution in [0.25, 0.3) is 21.5 Å². The van der Waals surface area contributed by atoms with E-state index in [0.717, 1.165) is 0 Å². The zero-order valence-corrected chi connectivity index (χ0v) is 8.70. The molecule has 66 valence electrons. The molecule has 0 amide bonds. The summed E-state index contributed by atoms with van der Waals surface area (Å²) < 4.78 is 1.35. The van der Waals surface area contributed by atoms with Gasteiger partial charge in [-0.15, -0.1) is 0 Å². The van der Waals surface area contributed by atoms with Gasteiger partial charge in [-0.05, 0) is 0 Å². The van der Waals surface area contributed by atoms with Gasteiger partial charge < -0.3 is 0 Å². The Hall–Kier alpha value is -1.22. The summed E-state index contributed by atoms with van der Waals surface area (Å²) in [5, 5.41) is 5.32. The average molecular weight is 184 g/mol. The van der Waals surface area contributed by atoms with Crippen LogP contribution >= 0.6 is 0 Å². The molecule has 0 spiro atoms. The molecule has 3 rings (SSSR count). The van der Waals surface area contributed by atoms with E-state index < -0.39 is 0 Å². The van der Waals surface area contributed by atoms with E-state index in [-0.39, 0.29) is 0 Å². The van der Waals surface area contributed by atoms with Crippen molar-refractivity contribution in [3.63, 3.8) is 0 Å². The van der Waals surface area contributed by atoms with E-state index in [2.05, 4.69) is 72.3 Å². The van der Waals surface area contributed by atoms with E-state index in [1.165, 1.54) is 25.8 Å². The van der Waals surface area contributed by atoms with E-state index in [9.17, 15) is 0 Å². The van der Waals surface area contributed by atoms with Gasteiger partial charge in [-0.25, -0.2) is 0 Å². The van der Waals surface area contributed by atoms with Crippen molar-refractivity contribution in [2.75, 3.05) is 0 Å². The van der Waals surface area contributed by atoms with E-state index in [1.54, 1.807) is 0 Å². The molecule has 0 N–H and O–H groups in total. The number of hydrogen-bond acceptors (Lipinski definition) is 0. The van der Waals surface area contributed by atoms with Gasteiger partial charge >= 0.3 is 98.1 Å². The van der Waals surface area contributed by atoms with Crippen LogP contribution in [0.5, 0.6) is 0 Å². The molecule has 0 aliphatic heterocycles. The first kappa shape index (κ1) is 9.04. The molecule has 1 heteroatoms. The van der Waals surface area contributed by atoms with E-state index >= 15 is 0 Å². The Morgan fingerprint density at radius 1 is 0.667 bits per heavy atom. The van der Waals surface area contributed by atoms with Gasteiger partial charge in [-0.3, -0.25) is 0 Å². The molecular weight excluding hydrogens is 175 g/mol. The maximum atomic E-state index is 2.28. The monoisotopic (exact) mass is 184 g/mol. The molecule has 0 radical (unpaired) electrons. The summed E-state index contributed by atoms with van der Waals surface area (Å²) in [6, 6.07) is 19.5. The van der Waals surface area contributed by atoms with Crippen molar-refractivity contribution < 1.29 is 0 Å². The van der Waals surface area contributed by atoms with Crippen LogP contribution in [0.4, 0.5) is 0 Å². The van der Waals surface area contributed by atoms with Crippen LogP contribution in [-0.2, 0) is 0 Å². The zero-order valence-electron chi connectivity index (χ0n) is 8.70. The zero-order chi connectivity index (χ0) is 10.3. The van der Waals surface area contributed by atoms with Crippen LogP contribution in [0.1, 0.15) is 0 Å². The van der Waals surface area contributed by atoms with Crippen molar-refractivity contribution in [3.05, 3.63) is 54.6 Å². The molecule has 0 saturated carbocycles. The molecule has 3 aromatic carbocycles. The van der Waals surface area contributed by atoms with Crippen molar-refractivity contribution >= 4 is 43.5 Å². The quantitative estimate of drug-likeness (QED) is 0.372. The summed E-state index contributed by atoms with van der Waals surface area (Å²) in [6.07, 6.45) is 0. The number of hydrogen-bond donors (Lipinski definition) is 0. The molecular formula is C14H9Li. The Kier molecular flexibility index (Phi) is 2.06. The van der Waals surface area contributed by atoms with Crippen LogP contribution < -0.4 is 4.24 Å². The number of benzene rings is 3. The SMILES string of the molecule is [Li][c]1cccc2cc3ccccc3cc12. The van der Waals surface area contributed by atoms with Gasteiger partial charge in [0.1, 0.15) is 0 Å². The molecule has 0 aliphatic rings. The first-order valence-corrected chi connectivity index (χ1v) is 5.23. The second-order valence-corrected chi connectivity index (χ2v) is 4.00. The third-order valence-electron chi connectivity index (χ3n) is 2.96. The average Bonchev–Trinajstić information content (AvgIpc) is 2.27. The number of fused-ring (bicyclic) bond motifs is 2. The Morgan fingerprint density at radius 3 is 2.13 bits per heavy atom. The van der Waals surface area contributed by atoms with E-state index in [0.29, 0.717) is 0 Å². The molecule has 0 heterocycles. The minimum atomic E-state index is 1.32. The fraction of sp³-hybridized carbons (Fsp3) is 0. The topological polar surface area (TPSA) is 0 Å². The first-order valence-electron chi connectivity index (χ1n) is 5.23. The van der Waals surface area contributed by atoms with Crippen molar-refractivity contribution in [2.24, 2.45) is 0 Å². The van der Waals surface area contributed by atoms with E-state index in [4.69, 9.17) is 0 Å². The summed E-state index contributed by atoms with van der Waals surface area (Å²) in [5.41, 5.74) is 0. The Labute approximate surface area is 98.1 Å². The maximum absolute atomic E-state index is 2.28. The summed E-state index contributed by atoms with van der Waals surface area (Å²) in [4.78, 5) is 0. The number of rotatable bonds is 0. The fourth-order valence-corrected chi connectivity index (χ4v) is 2.12. The molecule has 3 aromatic rings. The van der Waals surface area contributed by atoms with Gasteiger partial charge in [0.25, 0.3) is 0 Å². The molecule has 0 nitrogen and oxygen atoms in total. The normalized spacial score (nSPS) is 11.1. The van der Waals surface area contributed by atoms with E-state index in [1.807, 2.05) is 0 Å². The van der Waals surface area contributed by atoms with Crippen LogP contribution in [0.2, 0.25) is 0 Å². The van der Waals surface area contributed by atoms with Crippen LogP contribution in [-0.4, -0.2) is 17.7 Å². The van der Waals surface area contributed by atoms with Crippen molar-refractivity contribution in [2.45, 2.75) is 0 Å². The summed E-state index contributed by atoms with van der Waals surface area (Å²) in [5.74, 6) is 0. The predicted octanol–water partition coefficient (Wildman–Crippen LogP) is 2.79. The van der Waals surface area contributed by atoms with Gasteiger partial charge in [0.15, 0.2) is 0 Å². The second kappa shape index (κ2) is 3.42. The van der Waals surface area contributed by atoms with Crippen LogP contribution in [0.15, 0.2) is 54.6 Å². The Bertz CT molecular complexity index is 641. The van der Waals surface area contributed by atoms with Gasteiger partial charge in [0.2, 0.25) is 0 Å². The third-order valence-corrected chi connectivity index (χ3v) is 2.96. The predicted molar refractivity (Wildman–Crippen MR) is 66.8 cm³/mol. The fourth-order valence-electron chi connectivity index (χ4n) is 2.12. The molecule has 0 bridgehead atoms. The van der Waals surface area contributed by atoms with Crippen molar-refractivity contribution in [3.8, 4) is 0 Å².